The highest BCUT2D eigenvalue weighted by molar-refractivity contribution is 6.09. The number of fused-ring (bicyclic) bond motifs is 1. The first kappa shape index (κ1) is 17.9. The van der Waals surface area contributed by atoms with Crippen molar-refractivity contribution in [2.45, 2.75) is 12.1 Å². The van der Waals surface area contributed by atoms with Crippen LogP contribution >= 0.6 is 0 Å². The molecule has 28 heavy (non-hydrogen) atoms. The van der Waals surface area contributed by atoms with E-state index in [2.05, 4.69) is 0 Å². The van der Waals surface area contributed by atoms with Gasteiger partial charge in [-0.25, -0.2) is 0 Å². The molecule has 3 aromatic rings. The Kier molecular flexibility index (Phi) is 4.67. The average Bonchev–Trinajstić information content (AvgIpc) is 2.74. The quantitative estimate of drug-likeness (QED) is 0.542. The summed E-state index contributed by atoms with van der Waals surface area (Å²) in [5, 5.41) is 7.61. The molecule has 4 rings (SSSR count). The molecular weight excluding hydrogens is 350 g/mol. The number of nitrogens with two attached hydrogens (primary N) is 1. The fraction of sp³-hybridized carbons (Fsp3) is 0.130. The summed E-state index contributed by atoms with van der Waals surface area (Å²) in [4.78, 5) is 15.0. The SMILES string of the molecule is COC1C(c2ccc(C(=N)N)cc2)c2ccccc2C(=O)N1c1ccccc1. The lowest BCUT2D eigenvalue weighted by atomic mass is 9.82. The second-order valence-electron chi connectivity index (χ2n) is 6.74. The third kappa shape index (κ3) is 2.96. The molecule has 0 radical (unpaired) electrons. The first-order valence-electron chi connectivity index (χ1n) is 9.06. The van der Waals surface area contributed by atoms with E-state index in [0.717, 1.165) is 16.8 Å². The monoisotopic (exact) mass is 371 g/mol. The maximum Gasteiger partial charge on any atom is 0.260 e. The maximum absolute atomic E-state index is 13.3. The maximum atomic E-state index is 13.3. The van der Waals surface area contributed by atoms with Crippen LogP contribution in [0.3, 0.4) is 0 Å². The van der Waals surface area contributed by atoms with Crippen LogP contribution in [0.4, 0.5) is 5.69 Å². The Morgan fingerprint density at radius 2 is 1.61 bits per heavy atom. The summed E-state index contributed by atoms with van der Waals surface area (Å²) in [7, 11) is 1.62. The smallest absolute Gasteiger partial charge is 0.260 e. The molecule has 1 amide bonds. The number of amides is 1. The standard InChI is InChI=1S/C23H21N3O2/c1-28-23-20(15-11-13-16(14-12-15)21(24)25)18-9-5-6-10-19(18)22(27)26(23)17-7-3-2-4-8-17/h2-14,20,23H,1H3,(H3,24,25). The van der Waals surface area contributed by atoms with E-state index < -0.39 is 6.23 Å². The van der Waals surface area contributed by atoms with Crippen molar-refractivity contribution < 1.29 is 9.53 Å². The molecule has 0 aliphatic carbocycles. The third-order valence-corrected chi connectivity index (χ3v) is 5.14. The van der Waals surface area contributed by atoms with Crippen LogP contribution in [0.5, 0.6) is 0 Å². The number of para-hydroxylation sites is 1. The van der Waals surface area contributed by atoms with Crippen molar-refractivity contribution in [3.05, 3.63) is 101 Å². The fourth-order valence-corrected chi connectivity index (χ4v) is 3.82. The largest absolute Gasteiger partial charge is 0.384 e. The predicted molar refractivity (Wildman–Crippen MR) is 110 cm³/mol. The lowest BCUT2D eigenvalue weighted by molar-refractivity contribution is 0.0633. The highest BCUT2D eigenvalue weighted by Crippen LogP contribution is 2.40. The van der Waals surface area contributed by atoms with E-state index >= 15 is 0 Å². The van der Waals surface area contributed by atoms with Gasteiger partial charge in [-0.1, -0.05) is 60.7 Å². The molecule has 1 aliphatic heterocycles. The van der Waals surface area contributed by atoms with Crippen molar-refractivity contribution in [3.63, 3.8) is 0 Å². The number of amidine groups is 1. The number of nitrogens with one attached hydrogen (secondary N) is 1. The number of hydrogen-bond donors (Lipinski definition) is 2. The molecule has 0 aromatic heterocycles. The van der Waals surface area contributed by atoms with Crippen LogP contribution in [-0.2, 0) is 4.74 Å². The number of ether oxygens (including phenoxy) is 1. The van der Waals surface area contributed by atoms with Gasteiger partial charge < -0.3 is 10.5 Å². The highest BCUT2D eigenvalue weighted by atomic mass is 16.5. The van der Waals surface area contributed by atoms with Gasteiger partial charge in [0.2, 0.25) is 0 Å². The number of benzene rings is 3. The number of nitrogens with zero attached hydrogens (tertiary/aromatic N) is 1. The van der Waals surface area contributed by atoms with Crippen LogP contribution in [-0.4, -0.2) is 25.1 Å². The Morgan fingerprint density at radius 1 is 0.964 bits per heavy atom. The molecule has 2 atom stereocenters. The lowest BCUT2D eigenvalue weighted by Gasteiger charge is -2.41. The van der Waals surface area contributed by atoms with E-state index in [1.54, 1.807) is 12.0 Å². The number of carbonyl (C=O) groups excluding carboxylic acids is 1. The van der Waals surface area contributed by atoms with E-state index in [1.807, 2.05) is 78.9 Å². The van der Waals surface area contributed by atoms with Crippen molar-refractivity contribution in [1.82, 2.24) is 0 Å². The van der Waals surface area contributed by atoms with Crippen molar-refractivity contribution in [3.8, 4) is 0 Å². The van der Waals surface area contributed by atoms with Crippen LogP contribution in [0.15, 0.2) is 78.9 Å². The molecule has 2 unspecified atom stereocenters. The van der Waals surface area contributed by atoms with E-state index in [-0.39, 0.29) is 17.7 Å². The van der Waals surface area contributed by atoms with Gasteiger partial charge in [0, 0.05) is 23.9 Å². The molecule has 5 heteroatoms. The van der Waals surface area contributed by atoms with Crippen LogP contribution in [0.1, 0.15) is 33.0 Å². The zero-order valence-corrected chi connectivity index (χ0v) is 15.5. The number of anilines is 1. The van der Waals surface area contributed by atoms with Gasteiger partial charge in [-0.2, -0.15) is 0 Å². The number of nitrogen functional groups attached to an aromatic ring is 1. The number of methoxy groups -OCH3 is 1. The Balaban J connectivity index is 1.88. The summed E-state index contributed by atoms with van der Waals surface area (Å²) in [5.74, 6) is -0.217. The summed E-state index contributed by atoms with van der Waals surface area (Å²) in [6.07, 6.45) is -0.493. The van der Waals surface area contributed by atoms with E-state index in [9.17, 15) is 4.79 Å². The molecule has 140 valence electrons. The predicted octanol–water partition coefficient (Wildman–Crippen LogP) is 3.74. The summed E-state index contributed by atoms with van der Waals surface area (Å²) >= 11 is 0. The average molecular weight is 371 g/mol. The summed E-state index contributed by atoms with van der Waals surface area (Å²) in [5.41, 5.74) is 9.65. The molecule has 1 heterocycles. The minimum absolute atomic E-state index is 0.0278. The van der Waals surface area contributed by atoms with Gasteiger partial charge >= 0.3 is 0 Å². The molecule has 3 aromatic carbocycles. The Hall–Kier alpha value is -3.44. The second kappa shape index (κ2) is 7.29. The van der Waals surface area contributed by atoms with Crippen molar-refractivity contribution >= 4 is 17.4 Å². The van der Waals surface area contributed by atoms with E-state index in [4.69, 9.17) is 15.9 Å². The Bertz CT molecular complexity index is 1020. The zero-order chi connectivity index (χ0) is 19.7. The minimum atomic E-state index is -0.493. The molecule has 0 fully saturated rings. The van der Waals surface area contributed by atoms with Crippen LogP contribution in [0, 0.1) is 5.41 Å². The van der Waals surface area contributed by atoms with Gasteiger partial charge in [0.1, 0.15) is 12.1 Å². The number of carbonyl (C=O) groups is 1. The van der Waals surface area contributed by atoms with Crippen LogP contribution in [0.25, 0.3) is 0 Å². The molecule has 0 bridgehead atoms. The first-order valence-corrected chi connectivity index (χ1v) is 9.06. The van der Waals surface area contributed by atoms with Gasteiger partial charge in [0.05, 0.1) is 5.92 Å². The summed E-state index contributed by atoms with van der Waals surface area (Å²) in [6, 6.07) is 24.8. The topological polar surface area (TPSA) is 79.4 Å². The van der Waals surface area contributed by atoms with Crippen molar-refractivity contribution in [2.75, 3.05) is 12.0 Å². The Labute approximate surface area is 163 Å². The number of rotatable bonds is 4. The van der Waals surface area contributed by atoms with Crippen molar-refractivity contribution in [2.24, 2.45) is 5.73 Å². The third-order valence-electron chi connectivity index (χ3n) is 5.14. The zero-order valence-electron chi connectivity index (χ0n) is 15.5. The van der Waals surface area contributed by atoms with Gasteiger partial charge in [-0.05, 0) is 29.3 Å². The van der Waals surface area contributed by atoms with Gasteiger partial charge in [0.15, 0.2) is 0 Å². The summed E-state index contributed by atoms with van der Waals surface area (Å²) < 4.78 is 5.87. The van der Waals surface area contributed by atoms with Crippen LogP contribution < -0.4 is 10.6 Å². The first-order chi connectivity index (χ1) is 13.6. The Morgan fingerprint density at radius 3 is 2.25 bits per heavy atom. The van der Waals surface area contributed by atoms with Gasteiger partial charge in [-0.15, -0.1) is 0 Å². The molecule has 0 spiro atoms. The fourth-order valence-electron chi connectivity index (χ4n) is 3.82. The number of hydrogen-bond acceptors (Lipinski definition) is 3. The molecule has 3 N–H and O–H groups in total. The summed E-state index contributed by atoms with van der Waals surface area (Å²) in [6.45, 7) is 0. The van der Waals surface area contributed by atoms with Gasteiger partial charge in [0.25, 0.3) is 5.91 Å². The normalized spacial score (nSPS) is 18.6. The highest BCUT2D eigenvalue weighted by Gasteiger charge is 2.41. The second-order valence-corrected chi connectivity index (χ2v) is 6.74. The van der Waals surface area contributed by atoms with E-state index in [1.165, 1.54) is 0 Å². The lowest BCUT2D eigenvalue weighted by Crippen LogP contribution is -2.49. The van der Waals surface area contributed by atoms with Crippen molar-refractivity contribution in [1.29, 1.82) is 5.41 Å². The van der Waals surface area contributed by atoms with Gasteiger partial charge in [-0.3, -0.25) is 15.1 Å². The van der Waals surface area contributed by atoms with Crippen LogP contribution in [0.2, 0.25) is 0 Å². The van der Waals surface area contributed by atoms with E-state index in [0.29, 0.717) is 11.1 Å². The molecular formula is C23H21N3O2. The molecule has 0 saturated carbocycles. The molecule has 1 aliphatic rings. The molecule has 0 saturated heterocycles. The molecule has 5 nitrogen and oxygen atoms in total. The minimum Gasteiger partial charge on any atom is -0.384 e.